The number of hydrogen-bond acceptors (Lipinski definition) is 6. The average Bonchev–Trinajstić information content (AvgIpc) is 3.07. The Labute approximate surface area is 172 Å². The van der Waals surface area contributed by atoms with Gasteiger partial charge in [0.05, 0.1) is 18.1 Å². The Morgan fingerprint density at radius 2 is 1.79 bits per heavy atom. The van der Waals surface area contributed by atoms with Crippen LogP contribution in [0.2, 0.25) is 0 Å². The van der Waals surface area contributed by atoms with Crippen molar-refractivity contribution in [1.29, 1.82) is 0 Å². The number of amides is 1. The maximum absolute atomic E-state index is 13.0. The monoisotopic (exact) mass is 423 g/mol. The van der Waals surface area contributed by atoms with Crippen LogP contribution < -0.4 is 4.74 Å². The lowest BCUT2D eigenvalue weighted by atomic mass is 9.93. The van der Waals surface area contributed by atoms with E-state index >= 15 is 0 Å². The molecule has 1 saturated carbocycles. The number of sulfone groups is 1. The van der Waals surface area contributed by atoms with Crippen LogP contribution >= 0.6 is 0 Å². The Hall–Kier alpha value is -2.09. The van der Waals surface area contributed by atoms with Crippen LogP contribution in [0.4, 0.5) is 0 Å². The van der Waals surface area contributed by atoms with Gasteiger partial charge in [0.2, 0.25) is 0 Å². The zero-order chi connectivity index (χ0) is 20.9. The van der Waals surface area contributed by atoms with Crippen LogP contribution in [0.3, 0.4) is 0 Å². The predicted molar refractivity (Wildman–Crippen MR) is 109 cm³/mol. The lowest BCUT2D eigenvalue weighted by Crippen LogP contribution is -2.50. The summed E-state index contributed by atoms with van der Waals surface area (Å²) in [6.07, 6.45) is 5.36. The molecule has 1 aliphatic heterocycles. The van der Waals surface area contributed by atoms with E-state index in [2.05, 4.69) is 0 Å². The molecule has 1 amide bonds. The van der Waals surface area contributed by atoms with E-state index in [0.29, 0.717) is 18.8 Å². The van der Waals surface area contributed by atoms with Gasteiger partial charge in [-0.3, -0.25) is 4.79 Å². The van der Waals surface area contributed by atoms with Crippen LogP contribution in [0.15, 0.2) is 24.3 Å². The summed E-state index contributed by atoms with van der Waals surface area (Å²) in [6, 6.07) is 6.44. The number of para-hydroxylation sites is 1. The second-order valence-electron chi connectivity index (χ2n) is 7.66. The first-order valence-corrected chi connectivity index (χ1v) is 12.1. The highest BCUT2D eigenvalue weighted by atomic mass is 32.2. The summed E-state index contributed by atoms with van der Waals surface area (Å²) in [5, 5.41) is 0. The fourth-order valence-electron chi connectivity index (χ4n) is 4.26. The fraction of sp³-hybridized carbons (Fsp3) is 0.619. The van der Waals surface area contributed by atoms with Gasteiger partial charge in [0, 0.05) is 12.1 Å². The van der Waals surface area contributed by atoms with Crippen molar-refractivity contribution in [3.63, 3.8) is 0 Å². The van der Waals surface area contributed by atoms with Gasteiger partial charge in [-0.25, -0.2) is 13.2 Å². The molecule has 1 atom stereocenters. The Bertz CT molecular complexity index is 831. The molecule has 1 aromatic carbocycles. The Morgan fingerprint density at radius 1 is 1.07 bits per heavy atom. The van der Waals surface area contributed by atoms with Crippen LogP contribution in [-0.2, 0) is 19.4 Å². The molecule has 2 aliphatic rings. The van der Waals surface area contributed by atoms with Gasteiger partial charge in [0.25, 0.3) is 5.91 Å². The third kappa shape index (κ3) is 5.50. The molecule has 1 unspecified atom stereocenters. The minimum atomic E-state index is -3.12. The third-order valence-corrected chi connectivity index (χ3v) is 7.34. The normalized spacial score (nSPS) is 21.5. The zero-order valence-corrected chi connectivity index (χ0v) is 17.7. The zero-order valence-electron chi connectivity index (χ0n) is 16.8. The minimum Gasteiger partial charge on any atom is -0.493 e. The summed E-state index contributed by atoms with van der Waals surface area (Å²) >= 11 is 0. The molecule has 0 bridgehead atoms. The molecule has 1 aliphatic carbocycles. The van der Waals surface area contributed by atoms with E-state index in [1.54, 1.807) is 29.2 Å². The van der Waals surface area contributed by atoms with E-state index < -0.39 is 22.4 Å². The van der Waals surface area contributed by atoms with E-state index in [-0.39, 0.29) is 35.1 Å². The molecule has 160 valence electrons. The molecule has 0 N–H and O–H groups in total. The van der Waals surface area contributed by atoms with Gasteiger partial charge in [-0.1, -0.05) is 31.4 Å². The largest absolute Gasteiger partial charge is 0.493 e. The molecule has 0 radical (unpaired) electrons. The van der Waals surface area contributed by atoms with Crippen molar-refractivity contribution in [3.8, 4) is 5.75 Å². The molecule has 1 heterocycles. The highest BCUT2D eigenvalue weighted by Crippen LogP contribution is 2.28. The third-order valence-electron chi connectivity index (χ3n) is 5.59. The summed E-state index contributed by atoms with van der Waals surface area (Å²) in [5.74, 6) is -0.420. The first-order valence-electron chi connectivity index (χ1n) is 10.3. The molecule has 1 saturated heterocycles. The summed E-state index contributed by atoms with van der Waals surface area (Å²) < 4.78 is 34.7. The summed E-state index contributed by atoms with van der Waals surface area (Å²) in [5.41, 5.74) is 0.273. The Morgan fingerprint density at radius 3 is 2.45 bits per heavy atom. The number of ether oxygens (including phenoxy) is 2. The highest BCUT2D eigenvalue weighted by Gasteiger charge is 2.38. The van der Waals surface area contributed by atoms with E-state index in [9.17, 15) is 18.0 Å². The maximum Gasteiger partial charge on any atom is 0.342 e. The van der Waals surface area contributed by atoms with E-state index in [1.807, 2.05) is 6.92 Å². The lowest BCUT2D eigenvalue weighted by molar-refractivity contribution is -0.140. The minimum absolute atomic E-state index is 0.00361. The topological polar surface area (TPSA) is 90.0 Å². The molecular weight excluding hydrogens is 394 g/mol. The molecule has 3 rings (SSSR count). The Kier molecular flexibility index (Phi) is 7.16. The van der Waals surface area contributed by atoms with E-state index in [0.717, 1.165) is 32.1 Å². The van der Waals surface area contributed by atoms with Gasteiger partial charge in [-0.15, -0.1) is 0 Å². The van der Waals surface area contributed by atoms with Crippen LogP contribution in [0, 0.1) is 0 Å². The quantitative estimate of drug-likeness (QED) is 0.626. The average molecular weight is 424 g/mol. The van der Waals surface area contributed by atoms with Gasteiger partial charge in [0.15, 0.2) is 16.4 Å². The van der Waals surface area contributed by atoms with Crippen molar-refractivity contribution < 1.29 is 27.5 Å². The molecule has 0 spiro atoms. The van der Waals surface area contributed by atoms with Crippen molar-refractivity contribution >= 4 is 21.7 Å². The molecule has 2 fully saturated rings. The van der Waals surface area contributed by atoms with Crippen molar-refractivity contribution in [2.75, 3.05) is 24.7 Å². The number of rotatable bonds is 7. The fourth-order valence-corrected chi connectivity index (χ4v) is 5.97. The number of benzene rings is 1. The van der Waals surface area contributed by atoms with E-state index in [1.165, 1.54) is 0 Å². The smallest absolute Gasteiger partial charge is 0.342 e. The van der Waals surface area contributed by atoms with Crippen molar-refractivity contribution in [3.05, 3.63) is 29.8 Å². The predicted octanol–water partition coefficient (Wildman–Crippen LogP) is 2.59. The molecule has 1 aromatic rings. The first-order chi connectivity index (χ1) is 13.9. The maximum atomic E-state index is 13.0. The second-order valence-corrected chi connectivity index (χ2v) is 9.88. The SMILES string of the molecule is CCOc1ccccc1C(=O)OCC(=O)N(C1CCCCC1)C1CCS(=O)(=O)C1. The summed E-state index contributed by atoms with van der Waals surface area (Å²) in [6.45, 7) is 1.84. The second kappa shape index (κ2) is 9.61. The highest BCUT2D eigenvalue weighted by molar-refractivity contribution is 7.91. The van der Waals surface area contributed by atoms with Gasteiger partial charge < -0.3 is 14.4 Å². The molecular formula is C21H29NO6S. The summed E-state index contributed by atoms with van der Waals surface area (Å²) in [4.78, 5) is 27.2. The standard InChI is InChI=1S/C21H29NO6S/c1-2-27-19-11-7-6-10-18(19)21(24)28-14-20(23)22(16-8-4-3-5-9-16)17-12-13-29(25,26)15-17/h6-7,10-11,16-17H,2-5,8-9,12-15H2,1H3. The Balaban J connectivity index is 1.69. The van der Waals surface area contributed by atoms with Crippen LogP contribution in [0.25, 0.3) is 0 Å². The summed E-state index contributed by atoms with van der Waals surface area (Å²) in [7, 11) is -3.12. The van der Waals surface area contributed by atoms with Gasteiger partial charge >= 0.3 is 5.97 Å². The molecule has 7 nitrogen and oxygen atoms in total. The van der Waals surface area contributed by atoms with Gasteiger partial charge in [-0.2, -0.15) is 0 Å². The van der Waals surface area contributed by atoms with E-state index in [4.69, 9.17) is 9.47 Å². The van der Waals surface area contributed by atoms with Gasteiger partial charge in [-0.05, 0) is 38.3 Å². The lowest BCUT2D eigenvalue weighted by Gasteiger charge is -2.38. The number of hydrogen-bond donors (Lipinski definition) is 0. The first kappa shape index (κ1) is 21.6. The van der Waals surface area contributed by atoms with Crippen LogP contribution in [0.1, 0.15) is 55.8 Å². The number of carbonyl (C=O) groups is 2. The van der Waals surface area contributed by atoms with Crippen molar-refractivity contribution in [2.45, 2.75) is 57.5 Å². The van der Waals surface area contributed by atoms with Crippen LogP contribution in [0.5, 0.6) is 5.75 Å². The van der Waals surface area contributed by atoms with Crippen molar-refractivity contribution in [2.24, 2.45) is 0 Å². The van der Waals surface area contributed by atoms with Crippen LogP contribution in [-0.4, -0.2) is 62.0 Å². The molecule has 8 heteroatoms. The number of esters is 1. The van der Waals surface area contributed by atoms with Crippen molar-refractivity contribution in [1.82, 2.24) is 4.90 Å². The number of carbonyl (C=O) groups excluding carboxylic acids is 2. The molecule has 29 heavy (non-hydrogen) atoms. The molecule has 0 aromatic heterocycles. The number of nitrogens with zero attached hydrogens (tertiary/aromatic N) is 1. The van der Waals surface area contributed by atoms with Gasteiger partial charge in [0.1, 0.15) is 11.3 Å².